The van der Waals surface area contributed by atoms with Crippen molar-refractivity contribution in [1.82, 2.24) is 14.3 Å². The Bertz CT molecular complexity index is 629. The number of hydrogen-bond acceptors (Lipinski definition) is 4. The van der Waals surface area contributed by atoms with Crippen LogP contribution >= 0.6 is 11.3 Å². The third-order valence-corrected chi connectivity index (χ3v) is 4.64. The van der Waals surface area contributed by atoms with Gasteiger partial charge in [-0.05, 0) is 12.8 Å². The molecule has 0 aromatic carbocycles. The van der Waals surface area contributed by atoms with E-state index in [9.17, 15) is 9.59 Å². The molecular formula is C14H17N3O3S. The smallest absolute Gasteiger partial charge is 0.323 e. The van der Waals surface area contributed by atoms with Crippen molar-refractivity contribution in [3.8, 4) is 0 Å². The summed E-state index contributed by atoms with van der Waals surface area (Å²) in [6.07, 6.45) is 7.82. The maximum atomic E-state index is 12.5. The van der Waals surface area contributed by atoms with Crippen LogP contribution in [0, 0.1) is 0 Å². The van der Waals surface area contributed by atoms with E-state index >= 15 is 0 Å². The first-order valence-electron chi connectivity index (χ1n) is 7.06. The molecule has 0 bridgehead atoms. The van der Waals surface area contributed by atoms with Gasteiger partial charge in [-0.1, -0.05) is 12.8 Å². The quantitative estimate of drug-likeness (QED) is 0.914. The van der Waals surface area contributed by atoms with E-state index in [1.165, 1.54) is 16.2 Å². The van der Waals surface area contributed by atoms with Crippen LogP contribution in [0.2, 0.25) is 0 Å². The lowest BCUT2D eigenvalue weighted by atomic mass is 10.2. The van der Waals surface area contributed by atoms with E-state index in [0.717, 1.165) is 30.6 Å². The van der Waals surface area contributed by atoms with E-state index in [0.29, 0.717) is 5.69 Å². The van der Waals surface area contributed by atoms with E-state index in [-0.39, 0.29) is 24.9 Å². The molecule has 2 heterocycles. The largest absolute Gasteiger partial charge is 0.480 e. The lowest BCUT2D eigenvalue weighted by molar-refractivity contribution is -0.145. The highest BCUT2D eigenvalue weighted by Gasteiger charge is 2.28. The maximum absolute atomic E-state index is 12.5. The van der Waals surface area contributed by atoms with Crippen LogP contribution in [-0.4, -0.2) is 43.9 Å². The van der Waals surface area contributed by atoms with Crippen molar-refractivity contribution in [3.63, 3.8) is 0 Å². The fourth-order valence-corrected chi connectivity index (χ4v) is 3.62. The van der Waals surface area contributed by atoms with Crippen LogP contribution in [0.15, 0.2) is 17.8 Å². The highest BCUT2D eigenvalue weighted by molar-refractivity contribution is 7.15. The lowest BCUT2D eigenvalue weighted by Crippen LogP contribution is -2.43. The van der Waals surface area contributed by atoms with Crippen molar-refractivity contribution in [2.45, 2.75) is 38.1 Å². The number of imidazole rings is 1. The summed E-state index contributed by atoms with van der Waals surface area (Å²) in [4.78, 5) is 30.2. The zero-order chi connectivity index (χ0) is 14.8. The first-order chi connectivity index (χ1) is 10.1. The fraction of sp³-hybridized carbons (Fsp3) is 0.500. The van der Waals surface area contributed by atoms with Crippen LogP contribution < -0.4 is 0 Å². The number of aliphatic carboxylic acids is 1. The summed E-state index contributed by atoms with van der Waals surface area (Å²) in [5, 5.41) is 11.0. The summed E-state index contributed by atoms with van der Waals surface area (Å²) in [6.45, 7) is -0.217. The molecule has 1 N–H and O–H groups in total. The minimum absolute atomic E-state index is 0.0670. The van der Waals surface area contributed by atoms with E-state index in [1.54, 1.807) is 0 Å². The molecule has 0 unspecified atom stereocenters. The Labute approximate surface area is 126 Å². The predicted molar refractivity (Wildman–Crippen MR) is 78.4 cm³/mol. The molecule has 1 fully saturated rings. The van der Waals surface area contributed by atoms with E-state index < -0.39 is 5.97 Å². The number of carboxylic acids is 1. The zero-order valence-corrected chi connectivity index (χ0v) is 12.4. The molecule has 0 atom stereocenters. The minimum atomic E-state index is -0.957. The highest BCUT2D eigenvalue weighted by Crippen LogP contribution is 2.24. The molecule has 2 aromatic rings. The number of aromatic nitrogens is 2. The molecule has 1 amide bonds. The summed E-state index contributed by atoms with van der Waals surface area (Å²) in [5.41, 5.74) is 0.695. The third-order valence-electron chi connectivity index (χ3n) is 3.87. The second-order valence-corrected chi connectivity index (χ2v) is 6.23. The summed E-state index contributed by atoms with van der Waals surface area (Å²) < 4.78 is 1.88. The van der Waals surface area contributed by atoms with Gasteiger partial charge >= 0.3 is 5.97 Å². The van der Waals surface area contributed by atoms with E-state index in [2.05, 4.69) is 4.98 Å². The van der Waals surface area contributed by atoms with Crippen molar-refractivity contribution in [2.24, 2.45) is 0 Å². The molecule has 0 radical (unpaired) electrons. The average molecular weight is 307 g/mol. The normalized spacial score (nSPS) is 15.6. The molecule has 0 aliphatic heterocycles. The van der Waals surface area contributed by atoms with Gasteiger partial charge in [0.05, 0.1) is 12.1 Å². The van der Waals surface area contributed by atoms with Gasteiger partial charge in [0.15, 0.2) is 4.96 Å². The molecule has 6 nitrogen and oxygen atoms in total. The van der Waals surface area contributed by atoms with Gasteiger partial charge in [0.1, 0.15) is 6.54 Å². The molecule has 112 valence electrons. The Morgan fingerprint density at radius 3 is 2.86 bits per heavy atom. The number of hydrogen-bond donors (Lipinski definition) is 1. The molecule has 3 rings (SSSR count). The van der Waals surface area contributed by atoms with Gasteiger partial charge in [0.2, 0.25) is 5.91 Å². The summed E-state index contributed by atoms with van der Waals surface area (Å²) in [7, 11) is 0. The lowest BCUT2D eigenvalue weighted by Gasteiger charge is -2.27. The Morgan fingerprint density at radius 1 is 1.43 bits per heavy atom. The second-order valence-electron chi connectivity index (χ2n) is 5.36. The van der Waals surface area contributed by atoms with Crippen molar-refractivity contribution in [3.05, 3.63) is 23.5 Å². The maximum Gasteiger partial charge on any atom is 0.323 e. The van der Waals surface area contributed by atoms with Crippen molar-refractivity contribution < 1.29 is 14.7 Å². The molecule has 1 aliphatic carbocycles. The first-order valence-corrected chi connectivity index (χ1v) is 7.94. The average Bonchev–Trinajstić information content (AvgIpc) is 3.11. The number of carboxylic acid groups (broad SMARTS) is 1. The number of carbonyl (C=O) groups is 2. The Hall–Kier alpha value is -1.89. The molecule has 0 spiro atoms. The molecule has 2 aromatic heterocycles. The molecule has 7 heteroatoms. The van der Waals surface area contributed by atoms with Crippen LogP contribution in [0.3, 0.4) is 0 Å². The molecule has 21 heavy (non-hydrogen) atoms. The van der Waals surface area contributed by atoms with Crippen LogP contribution in [0.1, 0.15) is 31.4 Å². The Kier molecular flexibility index (Phi) is 3.92. The van der Waals surface area contributed by atoms with E-state index in [4.69, 9.17) is 5.11 Å². The van der Waals surface area contributed by atoms with Crippen molar-refractivity contribution >= 4 is 28.2 Å². The number of thiazole rings is 1. The summed E-state index contributed by atoms with van der Waals surface area (Å²) >= 11 is 1.51. The van der Waals surface area contributed by atoms with Crippen molar-refractivity contribution in [2.75, 3.05) is 6.54 Å². The van der Waals surface area contributed by atoms with Gasteiger partial charge in [-0.3, -0.25) is 14.0 Å². The fourth-order valence-electron chi connectivity index (χ4n) is 2.90. The second kappa shape index (κ2) is 5.85. The predicted octanol–water partition coefficient (Wildman–Crippen LogP) is 1.79. The molecule has 1 saturated carbocycles. The monoisotopic (exact) mass is 307 g/mol. The van der Waals surface area contributed by atoms with Gasteiger partial charge in [-0.25, -0.2) is 4.98 Å². The molecule has 1 aliphatic rings. The number of fused-ring (bicyclic) bond motifs is 1. The minimum Gasteiger partial charge on any atom is -0.480 e. The third kappa shape index (κ3) is 3.07. The molecular weight excluding hydrogens is 290 g/mol. The van der Waals surface area contributed by atoms with Gasteiger partial charge in [0.25, 0.3) is 0 Å². The van der Waals surface area contributed by atoms with Gasteiger partial charge in [0, 0.05) is 23.8 Å². The van der Waals surface area contributed by atoms with Crippen LogP contribution in [0.4, 0.5) is 0 Å². The Balaban J connectivity index is 1.73. The van der Waals surface area contributed by atoms with Gasteiger partial charge in [-0.2, -0.15) is 0 Å². The van der Waals surface area contributed by atoms with E-state index in [1.807, 2.05) is 22.2 Å². The van der Waals surface area contributed by atoms with Gasteiger partial charge in [-0.15, -0.1) is 11.3 Å². The molecule has 0 saturated heterocycles. The summed E-state index contributed by atoms with van der Waals surface area (Å²) in [5.74, 6) is -1.10. The SMILES string of the molecule is O=C(O)CN(C(=O)Cc1cn2ccsc2n1)C1CCCC1. The topological polar surface area (TPSA) is 74.9 Å². The van der Waals surface area contributed by atoms with Crippen LogP contribution in [0.25, 0.3) is 4.96 Å². The standard InChI is InChI=1S/C14H17N3O3S/c18-12(7-10-8-16-5-6-21-14(16)15-10)17(9-13(19)20)11-3-1-2-4-11/h5-6,8,11H,1-4,7,9H2,(H,19,20). The zero-order valence-electron chi connectivity index (χ0n) is 11.6. The first kappa shape index (κ1) is 14.1. The summed E-state index contributed by atoms with van der Waals surface area (Å²) in [6, 6.07) is 0.0670. The van der Waals surface area contributed by atoms with Gasteiger partial charge < -0.3 is 10.0 Å². The van der Waals surface area contributed by atoms with Crippen LogP contribution in [-0.2, 0) is 16.0 Å². The van der Waals surface area contributed by atoms with Crippen molar-refractivity contribution in [1.29, 1.82) is 0 Å². The highest BCUT2D eigenvalue weighted by atomic mass is 32.1. The number of amides is 1. The number of carbonyl (C=O) groups excluding carboxylic acids is 1. The van der Waals surface area contributed by atoms with Crippen LogP contribution in [0.5, 0.6) is 0 Å². The Morgan fingerprint density at radius 2 is 2.19 bits per heavy atom. The number of rotatable bonds is 5. The number of nitrogens with zero attached hydrogens (tertiary/aromatic N) is 3.